The number of aryl methyl sites for hydroxylation is 2. The van der Waals surface area contributed by atoms with Gasteiger partial charge in [0.1, 0.15) is 0 Å². The molecule has 0 atom stereocenters. The Labute approximate surface area is 143 Å². The number of hydrazone groups is 1. The van der Waals surface area contributed by atoms with E-state index in [-0.39, 0.29) is 0 Å². The monoisotopic (exact) mass is 326 g/mol. The van der Waals surface area contributed by atoms with E-state index in [4.69, 9.17) is 12.2 Å². The maximum Gasteiger partial charge on any atom is 0.191 e. The molecule has 0 heterocycles. The van der Waals surface area contributed by atoms with Gasteiger partial charge >= 0.3 is 0 Å². The van der Waals surface area contributed by atoms with Gasteiger partial charge in [0.2, 0.25) is 0 Å². The number of nitrogens with one attached hydrogen (secondary N) is 2. The van der Waals surface area contributed by atoms with E-state index in [1.54, 1.807) is 6.21 Å². The lowest BCUT2D eigenvalue weighted by Gasteiger charge is -2.13. The molecule has 2 rings (SSSR count). The summed E-state index contributed by atoms with van der Waals surface area (Å²) in [4.78, 5) is 2.06. The van der Waals surface area contributed by atoms with Gasteiger partial charge in [0.15, 0.2) is 5.11 Å². The number of para-hydroxylation sites is 1. The van der Waals surface area contributed by atoms with E-state index < -0.39 is 0 Å². The summed E-state index contributed by atoms with van der Waals surface area (Å²) in [7, 11) is 4.03. The van der Waals surface area contributed by atoms with Crippen molar-refractivity contribution >= 4 is 34.9 Å². The zero-order valence-electron chi connectivity index (χ0n) is 13.9. The molecule has 0 saturated carbocycles. The van der Waals surface area contributed by atoms with Crippen LogP contribution in [0.1, 0.15) is 16.7 Å². The number of hydrogen-bond donors (Lipinski definition) is 2. The fourth-order valence-electron chi connectivity index (χ4n) is 2.18. The molecule has 0 aromatic heterocycles. The third-order valence-electron chi connectivity index (χ3n) is 3.51. The molecule has 120 valence electrons. The smallest absolute Gasteiger partial charge is 0.191 e. The number of benzene rings is 2. The molecule has 0 bridgehead atoms. The number of thiocarbonyl (C=S) groups is 1. The highest BCUT2D eigenvalue weighted by molar-refractivity contribution is 7.80. The molecule has 23 heavy (non-hydrogen) atoms. The van der Waals surface area contributed by atoms with Crippen molar-refractivity contribution < 1.29 is 0 Å². The van der Waals surface area contributed by atoms with E-state index in [1.807, 2.05) is 58.3 Å². The number of anilines is 2. The lowest BCUT2D eigenvalue weighted by atomic mass is 10.1. The highest BCUT2D eigenvalue weighted by atomic mass is 32.1. The zero-order chi connectivity index (χ0) is 16.8. The second-order valence-corrected chi connectivity index (χ2v) is 5.99. The van der Waals surface area contributed by atoms with Gasteiger partial charge in [-0.05, 0) is 54.9 Å². The van der Waals surface area contributed by atoms with Gasteiger partial charge in [-0.2, -0.15) is 5.10 Å². The number of rotatable bonds is 4. The molecule has 0 amide bonds. The van der Waals surface area contributed by atoms with Crippen LogP contribution in [0.25, 0.3) is 0 Å². The van der Waals surface area contributed by atoms with Crippen LogP contribution in [-0.2, 0) is 0 Å². The predicted octanol–water partition coefficient (Wildman–Crippen LogP) is 3.69. The van der Waals surface area contributed by atoms with Crippen LogP contribution < -0.4 is 15.6 Å². The van der Waals surface area contributed by atoms with Gasteiger partial charge < -0.3 is 10.2 Å². The van der Waals surface area contributed by atoms with Crippen LogP contribution in [0.3, 0.4) is 0 Å². The Kier molecular flexibility index (Phi) is 5.71. The van der Waals surface area contributed by atoms with Gasteiger partial charge in [-0.1, -0.05) is 30.3 Å². The maximum absolute atomic E-state index is 5.28. The minimum absolute atomic E-state index is 0.476. The van der Waals surface area contributed by atoms with Gasteiger partial charge in [-0.15, -0.1) is 0 Å². The molecule has 2 N–H and O–H groups in total. The standard InChI is InChI=1S/C18H22N4S/c1-13-6-5-7-14(2)17(13)20-18(23)21-19-12-15-8-10-16(11-9-15)22(3)4/h5-12H,1-4H3,(H2,20,21,23). The Hall–Kier alpha value is -2.40. The summed E-state index contributed by atoms with van der Waals surface area (Å²) in [5.41, 5.74) is 8.34. The summed E-state index contributed by atoms with van der Waals surface area (Å²) in [6.45, 7) is 4.10. The highest BCUT2D eigenvalue weighted by Gasteiger charge is 2.03. The molecule has 0 aliphatic heterocycles. The first-order valence-corrected chi connectivity index (χ1v) is 7.82. The Morgan fingerprint density at radius 2 is 1.65 bits per heavy atom. The molecule has 4 nitrogen and oxygen atoms in total. The van der Waals surface area contributed by atoms with Crippen LogP contribution in [0.2, 0.25) is 0 Å². The van der Waals surface area contributed by atoms with Crippen molar-refractivity contribution in [3.63, 3.8) is 0 Å². The van der Waals surface area contributed by atoms with Gasteiger partial charge in [-0.3, -0.25) is 5.43 Å². The predicted molar refractivity (Wildman–Crippen MR) is 104 cm³/mol. The molecule has 5 heteroatoms. The molecule has 0 spiro atoms. The first-order chi connectivity index (χ1) is 11.0. The summed E-state index contributed by atoms with van der Waals surface area (Å²) in [6.07, 6.45) is 1.75. The van der Waals surface area contributed by atoms with Crippen LogP contribution >= 0.6 is 12.2 Å². The molecule has 0 aliphatic carbocycles. The molecule has 0 radical (unpaired) electrons. The van der Waals surface area contributed by atoms with Crippen molar-refractivity contribution in [2.45, 2.75) is 13.8 Å². The van der Waals surface area contributed by atoms with Crippen LogP contribution in [0.15, 0.2) is 47.6 Å². The van der Waals surface area contributed by atoms with Crippen LogP contribution in [0, 0.1) is 13.8 Å². The van der Waals surface area contributed by atoms with E-state index in [1.165, 1.54) is 0 Å². The summed E-state index contributed by atoms with van der Waals surface area (Å²) in [5, 5.41) is 7.84. The van der Waals surface area contributed by atoms with Gasteiger partial charge in [-0.25, -0.2) is 0 Å². The molecule has 2 aromatic rings. The molecule has 0 saturated heterocycles. The van der Waals surface area contributed by atoms with Crippen molar-refractivity contribution in [3.8, 4) is 0 Å². The Bertz CT molecular complexity index is 685. The van der Waals surface area contributed by atoms with Crippen LogP contribution in [0.5, 0.6) is 0 Å². The molecule has 0 aliphatic rings. The first-order valence-electron chi connectivity index (χ1n) is 7.41. The minimum Gasteiger partial charge on any atom is -0.378 e. The van der Waals surface area contributed by atoms with Crippen molar-refractivity contribution in [1.29, 1.82) is 0 Å². The fraction of sp³-hybridized carbons (Fsp3) is 0.222. The summed E-state index contributed by atoms with van der Waals surface area (Å²) < 4.78 is 0. The van der Waals surface area contributed by atoms with Gasteiger partial charge in [0.05, 0.1) is 6.21 Å². The lowest BCUT2D eigenvalue weighted by Crippen LogP contribution is -2.24. The molecular formula is C18H22N4S. The third kappa shape index (κ3) is 4.79. The Morgan fingerprint density at radius 1 is 1.04 bits per heavy atom. The molecule has 2 aromatic carbocycles. The van der Waals surface area contributed by atoms with Crippen molar-refractivity contribution in [2.24, 2.45) is 5.10 Å². The van der Waals surface area contributed by atoms with Gasteiger partial charge in [0, 0.05) is 25.5 Å². The molecule has 0 unspecified atom stereocenters. The molecular weight excluding hydrogens is 304 g/mol. The fourth-order valence-corrected chi connectivity index (χ4v) is 2.33. The van der Waals surface area contributed by atoms with Crippen LogP contribution in [-0.4, -0.2) is 25.4 Å². The van der Waals surface area contributed by atoms with E-state index in [0.717, 1.165) is 28.1 Å². The van der Waals surface area contributed by atoms with E-state index >= 15 is 0 Å². The van der Waals surface area contributed by atoms with E-state index in [2.05, 4.69) is 32.9 Å². The quantitative estimate of drug-likeness (QED) is 0.511. The van der Waals surface area contributed by atoms with Gasteiger partial charge in [0.25, 0.3) is 0 Å². The zero-order valence-corrected chi connectivity index (χ0v) is 14.7. The summed E-state index contributed by atoms with van der Waals surface area (Å²) >= 11 is 5.28. The van der Waals surface area contributed by atoms with Crippen LogP contribution in [0.4, 0.5) is 11.4 Å². The van der Waals surface area contributed by atoms with Crippen molar-refractivity contribution in [1.82, 2.24) is 5.43 Å². The first kappa shape index (κ1) is 17.0. The second kappa shape index (κ2) is 7.74. The van der Waals surface area contributed by atoms with Crippen molar-refractivity contribution in [3.05, 3.63) is 59.2 Å². The second-order valence-electron chi connectivity index (χ2n) is 5.58. The normalized spacial score (nSPS) is 10.6. The Morgan fingerprint density at radius 3 is 2.22 bits per heavy atom. The number of nitrogens with zero attached hydrogens (tertiary/aromatic N) is 2. The molecule has 0 fully saturated rings. The Balaban J connectivity index is 1.93. The number of hydrogen-bond acceptors (Lipinski definition) is 3. The third-order valence-corrected chi connectivity index (χ3v) is 3.70. The lowest BCUT2D eigenvalue weighted by molar-refractivity contribution is 1.05. The van der Waals surface area contributed by atoms with E-state index in [0.29, 0.717) is 5.11 Å². The van der Waals surface area contributed by atoms with E-state index in [9.17, 15) is 0 Å². The maximum atomic E-state index is 5.28. The summed E-state index contributed by atoms with van der Waals surface area (Å²) in [5.74, 6) is 0. The largest absolute Gasteiger partial charge is 0.378 e. The topological polar surface area (TPSA) is 39.7 Å². The van der Waals surface area contributed by atoms with Crippen molar-refractivity contribution in [2.75, 3.05) is 24.3 Å². The highest BCUT2D eigenvalue weighted by Crippen LogP contribution is 2.19. The SMILES string of the molecule is Cc1cccc(C)c1NC(=S)NN=Cc1ccc(N(C)C)cc1. The average molecular weight is 326 g/mol. The minimum atomic E-state index is 0.476. The summed E-state index contributed by atoms with van der Waals surface area (Å²) in [6, 6.07) is 14.3. The average Bonchev–Trinajstić information content (AvgIpc) is 2.51.